The fraction of sp³-hybridized carbons (Fsp3) is 0.207. The molecule has 0 fully saturated rings. The largest absolute Gasteiger partial charge is 0.463 e. The van der Waals surface area contributed by atoms with Gasteiger partial charge in [-0.15, -0.1) is 4.99 Å². The molecule has 0 spiro atoms. The van der Waals surface area contributed by atoms with Crippen LogP contribution in [0.5, 0.6) is 0 Å². The Morgan fingerprint density at radius 1 is 1.00 bits per heavy atom. The molecule has 0 unspecified atom stereocenters. The molecular weight excluding hydrogens is 566 g/mol. The lowest BCUT2D eigenvalue weighted by atomic mass is 9.94. The molecule has 0 saturated carbocycles. The van der Waals surface area contributed by atoms with Gasteiger partial charge in [-0.1, -0.05) is 18.2 Å². The summed E-state index contributed by atoms with van der Waals surface area (Å²) in [6.07, 6.45) is -3.63. The molecule has 0 aliphatic heterocycles. The second-order valence-corrected chi connectivity index (χ2v) is 9.63. The van der Waals surface area contributed by atoms with E-state index in [4.69, 9.17) is 5.11 Å². The highest BCUT2D eigenvalue weighted by Gasteiger charge is 2.35. The van der Waals surface area contributed by atoms with E-state index in [-0.39, 0.29) is 23.8 Å². The molecule has 220 valence electrons. The SMILES string of the molecule is Cc1cc([C@H](C)NC(=O)c2cc(Cn3ccn(C)c3=NC(=O)O)cc(-c3ccc(F)cc3C(F)(F)F)c2F)ccc1F. The van der Waals surface area contributed by atoms with Crippen molar-refractivity contribution in [2.24, 2.45) is 12.0 Å². The molecule has 13 heteroatoms. The normalized spacial score (nSPS) is 12.8. The van der Waals surface area contributed by atoms with Crippen molar-refractivity contribution in [3.8, 4) is 11.1 Å². The Morgan fingerprint density at radius 2 is 1.71 bits per heavy atom. The summed E-state index contributed by atoms with van der Waals surface area (Å²) in [5, 5.41) is 11.7. The zero-order valence-electron chi connectivity index (χ0n) is 22.4. The number of aryl methyl sites for hydroxylation is 2. The standard InChI is InChI=1S/C29H24F6N4O3/c1-15-10-18(4-7-24(15)31)16(2)36-26(40)22-12-17(14-39-9-8-38(3)27(39)37-28(41)42)11-21(25(22)32)20-6-5-19(30)13-23(20)29(33,34)35/h4-13,16H,14H2,1-3H3,(H,36,40)(H,41,42)/t16-/m0/s1. The number of nitrogens with zero attached hydrogens (tertiary/aromatic N) is 3. The molecule has 0 saturated heterocycles. The second kappa shape index (κ2) is 11.6. The number of alkyl halides is 3. The molecule has 1 aromatic heterocycles. The van der Waals surface area contributed by atoms with E-state index in [0.717, 1.165) is 24.3 Å². The summed E-state index contributed by atoms with van der Waals surface area (Å²) in [6, 6.07) is 7.32. The first-order valence-corrected chi connectivity index (χ1v) is 12.4. The molecule has 4 rings (SSSR count). The van der Waals surface area contributed by atoms with E-state index in [9.17, 15) is 31.5 Å². The summed E-state index contributed by atoms with van der Waals surface area (Å²) in [5.74, 6) is -3.92. The molecule has 2 amide bonds. The van der Waals surface area contributed by atoms with Gasteiger partial charge in [-0.25, -0.2) is 18.0 Å². The monoisotopic (exact) mass is 590 g/mol. The van der Waals surface area contributed by atoms with E-state index in [2.05, 4.69) is 10.3 Å². The van der Waals surface area contributed by atoms with Gasteiger partial charge in [0.1, 0.15) is 17.5 Å². The zero-order chi connectivity index (χ0) is 30.9. The van der Waals surface area contributed by atoms with Crippen LogP contribution in [0.1, 0.15) is 45.6 Å². The lowest BCUT2D eigenvalue weighted by molar-refractivity contribution is -0.137. The number of carbonyl (C=O) groups is 2. The van der Waals surface area contributed by atoms with Gasteiger partial charge in [0.05, 0.1) is 23.7 Å². The summed E-state index contributed by atoms with van der Waals surface area (Å²) in [4.78, 5) is 28.0. The Hall–Kier alpha value is -4.81. The number of carbonyl (C=O) groups excluding carboxylic acids is 1. The number of aromatic nitrogens is 2. The average molecular weight is 591 g/mol. The molecule has 1 heterocycles. The van der Waals surface area contributed by atoms with Gasteiger partial charge in [0.25, 0.3) is 5.91 Å². The van der Waals surface area contributed by atoms with Crippen LogP contribution in [0.4, 0.5) is 31.1 Å². The van der Waals surface area contributed by atoms with E-state index in [1.54, 1.807) is 6.92 Å². The average Bonchev–Trinajstić information content (AvgIpc) is 3.23. The molecule has 0 aliphatic rings. The van der Waals surface area contributed by atoms with E-state index >= 15 is 4.39 Å². The van der Waals surface area contributed by atoms with Gasteiger partial charge in [-0.2, -0.15) is 13.2 Å². The van der Waals surface area contributed by atoms with E-state index < -0.39 is 63.9 Å². The first-order valence-electron chi connectivity index (χ1n) is 12.4. The highest BCUT2D eigenvalue weighted by molar-refractivity contribution is 5.96. The minimum atomic E-state index is -5.06. The molecule has 42 heavy (non-hydrogen) atoms. The highest BCUT2D eigenvalue weighted by Crippen LogP contribution is 2.39. The maximum Gasteiger partial charge on any atom is 0.434 e. The molecule has 1 atom stereocenters. The number of rotatable bonds is 6. The summed E-state index contributed by atoms with van der Waals surface area (Å²) in [7, 11) is 1.51. The van der Waals surface area contributed by atoms with Crippen LogP contribution < -0.4 is 10.9 Å². The Labute approximate surface area is 235 Å². The van der Waals surface area contributed by atoms with Crippen molar-refractivity contribution in [3.05, 3.63) is 112 Å². The predicted octanol–water partition coefficient (Wildman–Crippen LogP) is 6.36. The lowest BCUT2D eigenvalue weighted by Gasteiger charge is -2.19. The summed E-state index contributed by atoms with van der Waals surface area (Å²) in [5.41, 5.74) is -2.50. The predicted molar refractivity (Wildman–Crippen MR) is 140 cm³/mol. The van der Waals surface area contributed by atoms with E-state index in [1.807, 2.05) is 0 Å². The molecule has 7 nitrogen and oxygen atoms in total. The van der Waals surface area contributed by atoms with Crippen molar-refractivity contribution in [1.82, 2.24) is 14.5 Å². The molecule has 4 aromatic rings. The Bertz CT molecular complexity index is 1760. The van der Waals surface area contributed by atoms with Crippen molar-refractivity contribution >= 4 is 12.0 Å². The molecule has 0 bridgehead atoms. The van der Waals surface area contributed by atoms with Crippen molar-refractivity contribution in [2.75, 3.05) is 0 Å². The molecule has 0 aliphatic carbocycles. The summed E-state index contributed by atoms with van der Waals surface area (Å²) in [6.45, 7) is 2.88. The van der Waals surface area contributed by atoms with Gasteiger partial charge < -0.3 is 19.6 Å². The van der Waals surface area contributed by atoms with E-state index in [1.165, 1.54) is 53.7 Å². The van der Waals surface area contributed by atoms with E-state index in [0.29, 0.717) is 11.1 Å². The highest BCUT2D eigenvalue weighted by atomic mass is 19.4. The van der Waals surface area contributed by atoms with Crippen molar-refractivity contribution in [1.29, 1.82) is 0 Å². The summed E-state index contributed by atoms with van der Waals surface area (Å²) < 4.78 is 87.9. The van der Waals surface area contributed by atoms with Gasteiger partial charge >= 0.3 is 12.3 Å². The third-order valence-electron chi connectivity index (χ3n) is 6.57. The maximum absolute atomic E-state index is 15.9. The van der Waals surface area contributed by atoms with Crippen molar-refractivity contribution in [3.63, 3.8) is 0 Å². The number of halogens is 6. The number of carboxylic acid groups (broad SMARTS) is 1. The Morgan fingerprint density at radius 3 is 2.36 bits per heavy atom. The molecule has 0 radical (unpaired) electrons. The van der Waals surface area contributed by atoms with Crippen molar-refractivity contribution < 1.29 is 41.0 Å². The molecule has 3 aromatic carbocycles. The van der Waals surface area contributed by atoms with Gasteiger partial charge in [0.2, 0.25) is 5.62 Å². The van der Waals surface area contributed by atoms with Crippen LogP contribution in [-0.2, 0) is 19.8 Å². The van der Waals surface area contributed by atoms with Gasteiger partial charge in [-0.05, 0) is 66.4 Å². The number of hydrogen-bond acceptors (Lipinski definition) is 2. The number of benzene rings is 3. The minimum Gasteiger partial charge on any atom is -0.463 e. The smallest absolute Gasteiger partial charge is 0.434 e. The second-order valence-electron chi connectivity index (χ2n) is 9.63. The Balaban J connectivity index is 1.87. The molecule has 2 N–H and O–H groups in total. The van der Waals surface area contributed by atoms with Crippen LogP contribution in [0.3, 0.4) is 0 Å². The lowest BCUT2D eigenvalue weighted by Crippen LogP contribution is -2.28. The van der Waals surface area contributed by atoms with Crippen LogP contribution in [0, 0.1) is 24.4 Å². The first kappa shape index (κ1) is 30.2. The van der Waals surface area contributed by atoms with Crippen LogP contribution in [0.25, 0.3) is 11.1 Å². The van der Waals surface area contributed by atoms with Gasteiger partial charge in [0, 0.05) is 25.0 Å². The number of hydrogen-bond donors (Lipinski definition) is 2. The fourth-order valence-electron chi connectivity index (χ4n) is 4.48. The third-order valence-corrected chi connectivity index (χ3v) is 6.57. The van der Waals surface area contributed by atoms with Gasteiger partial charge in [-0.3, -0.25) is 4.79 Å². The number of nitrogens with one attached hydrogen (secondary N) is 1. The maximum atomic E-state index is 15.9. The minimum absolute atomic E-state index is 0.0440. The van der Waals surface area contributed by atoms with Crippen molar-refractivity contribution in [2.45, 2.75) is 32.6 Å². The van der Waals surface area contributed by atoms with Gasteiger partial charge in [0.15, 0.2) is 0 Å². The third kappa shape index (κ3) is 6.40. The Kier molecular flexibility index (Phi) is 8.32. The van der Waals surface area contributed by atoms with Crippen LogP contribution in [0.2, 0.25) is 0 Å². The molecular formula is C29H24F6N4O3. The quantitative estimate of drug-likeness (QED) is 0.257. The van der Waals surface area contributed by atoms with Crippen LogP contribution in [0.15, 0.2) is 65.9 Å². The fourth-order valence-corrected chi connectivity index (χ4v) is 4.48. The van der Waals surface area contributed by atoms with Crippen LogP contribution in [-0.4, -0.2) is 26.2 Å². The number of imidazole rings is 1. The number of amides is 2. The topological polar surface area (TPSA) is 88.6 Å². The zero-order valence-corrected chi connectivity index (χ0v) is 22.4. The first-order chi connectivity index (χ1) is 19.6. The van der Waals surface area contributed by atoms with Crippen LogP contribution >= 0.6 is 0 Å². The summed E-state index contributed by atoms with van der Waals surface area (Å²) >= 11 is 0.